The van der Waals surface area contributed by atoms with Gasteiger partial charge in [-0.15, -0.1) is 5.10 Å². The summed E-state index contributed by atoms with van der Waals surface area (Å²) in [6.07, 6.45) is 1.53. The van der Waals surface area contributed by atoms with Crippen LogP contribution in [0.2, 0.25) is 0 Å². The number of benzene rings is 2. The molecule has 35 heavy (non-hydrogen) atoms. The lowest BCUT2D eigenvalue weighted by molar-refractivity contribution is 0.351. The van der Waals surface area contributed by atoms with Gasteiger partial charge in [0, 0.05) is 29.1 Å². The van der Waals surface area contributed by atoms with E-state index in [-0.39, 0.29) is 28.8 Å². The average Bonchev–Trinajstić information content (AvgIpc) is 3.24. The van der Waals surface area contributed by atoms with Gasteiger partial charge in [-0.25, -0.2) is 14.2 Å². The molecular weight excluding hydrogens is 521 g/mol. The number of nitrogen functional groups attached to an aromatic ring is 1. The number of ether oxygens (including phenoxy) is 2. The Morgan fingerprint density at radius 3 is 2.51 bits per heavy atom. The van der Waals surface area contributed by atoms with Crippen molar-refractivity contribution in [2.24, 2.45) is 5.73 Å². The highest BCUT2D eigenvalue weighted by molar-refractivity contribution is 9.10. The third kappa shape index (κ3) is 4.87. The van der Waals surface area contributed by atoms with Crippen LogP contribution < -0.4 is 26.2 Å². The number of nitrogens with zero attached hydrogens (tertiary/aromatic N) is 3. The highest BCUT2D eigenvalue weighted by Crippen LogP contribution is 2.35. The van der Waals surface area contributed by atoms with Crippen LogP contribution in [0.25, 0.3) is 5.82 Å². The molecular formula is C23H21BrFN7O3. The maximum absolute atomic E-state index is 15.3. The van der Waals surface area contributed by atoms with E-state index in [4.69, 9.17) is 20.6 Å². The second-order valence-electron chi connectivity index (χ2n) is 7.33. The van der Waals surface area contributed by atoms with Gasteiger partial charge >= 0.3 is 5.69 Å². The lowest BCUT2D eigenvalue weighted by atomic mass is 10.0. The molecule has 1 atom stereocenters. The molecule has 10 nitrogen and oxygen atoms in total. The summed E-state index contributed by atoms with van der Waals surface area (Å²) in [5, 5.41) is 15.2. The predicted molar refractivity (Wildman–Crippen MR) is 132 cm³/mol. The molecule has 4 rings (SSSR count). The Balaban J connectivity index is 1.84. The second-order valence-corrected chi connectivity index (χ2v) is 8.19. The number of aromatic amines is 1. The summed E-state index contributed by atoms with van der Waals surface area (Å²) in [5.74, 6) is 0.247. The van der Waals surface area contributed by atoms with E-state index in [1.54, 1.807) is 36.4 Å². The minimum absolute atomic E-state index is 0.0805. The maximum atomic E-state index is 15.3. The third-order valence-electron chi connectivity index (χ3n) is 5.17. The van der Waals surface area contributed by atoms with Crippen LogP contribution in [0.15, 0.2) is 64.0 Å². The molecule has 0 aliphatic heterocycles. The highest BCUT2D eigenvalue weighted by atomic mass is 79.9. The molecule has 0 amide bonds. The zero-order chi connectivity index (χ0) is 25.1. The summed E-state index contributed by atoms with van der Waals surface area (Å²) in [4.78, 5) is 19.7. The predicted octanol–water partition coefficient (Wildman–Crippen LogP) is 3.36. The maximum Gasteiger partial charge on any atom is 0.349 e. The zero-order valence-corrected chi connectivity index (χ0v) is 20.3. The summed E-state index contributed by atoms with van der Waals surface area (Å²) >= 11 is 3.37. The summed E-state index contributed by atoms with van der Waals surface area (Å²) in [5.41, 5.74) is 6.24. The van der Waals surface area contributed by atoms with Crippen molar-refractivity contribution in [2.45, 2.75) is 6.04 Å². The van der Waals surface area contributed by atoms with Gasteiger partial charge in [-0.3, -0.25) is 10.4 Å². The number of anilines is 1. The van der Waals surface area contributed by atoms with Crippen LogP contribution in [-0.4, -0.2) is 39.8 Å². The van der Waals surface area contributed by atoms with Crippen molar-refractivity contribution >= 4 is 27.5 Å². The monoisotopic (exact) mass is 541 g/mol. The van der Waals surface area contributed by atoms with E-state index in [2.05, 4.69) is 36.3 Å². The molecule has 0 aliphatic carbocycles. The van der Waals surface area contributed by atoms with Gasteiger partial charge in [0.1, 0.15) is 17.7 Å². The molecule has 5 N–H and O–H groups in total. The van der Waals surface area contributed by atoms with E-state index in [1.165, 1.54) is 32.5 Å². The van der Waals surface area contributed by atoms with E-state index in [0.717, 1.165) is 4.68 Å². The topological polar surface area (TPSA) is 144 Å². The fourth-order valence-electron chi connectivity index (χ4n) is 3.44. The number of methoxy groups -OCH3 is 2. The number of hydrogen-bond acceptors (Lipinski definition) is 7. The first-order valence-electron chi connectivity index (χ1n) is 10.2. The Morgan fingerprint density at radius 1 is 1.20 bits per heavy atom. The highest BCUT2D eigenvalue weighted by Gasteiger charge is 2.26. The minimum atomic E-state index is -0.936. The standard InChI is InChI=1S/C23H21BrFN7O3/c1-34-17-10-14(16(25)11-18(17)35-2)19(29-13-7-5-12(6-8-13)20(26)27)21-30-23(33)32(31-21)22-15(24)4-3-9-28-22/h3-11,19,29H,1-2H3,(H3,26,27)(H,30,31,33). The van der Waals surface area contributed by atoms with Crippen LogP contribution in [0.3, 0.4) is 0 Å². The van der Waals surface area contributed by atoms with E-state index in [0.29, 0.717) is 21.5 Å². The SMILES string of the molecule is COc1cc(F)c(C(Nc2ccc(C(=N)N)cc2)c2nn(-c3ncccc3Br)c(=O)[nH]2)cc1OC. The average molecular weight is 542 g/mol. The molecule has 180 valence electrons. The number of amidine groups is 1. The Labute approximate surface area is 207 Å². The molecule has 0 saturated heterocycles. The van der Waals surface area contributed by atoms with Crippen molar-refractivity contribution in [3.05, 3.63) is 92.5 Å². The summed E-state index contributed by atoms with van der Waals surface area (Å²) in [6.45, 7) is 0. The Bertz CT molecular complexity index is 1440. The van der Waals surface area contributed by atoms with Gasteiger partial charge in [0.05, 0.1) is 18.7 Å². The summed E-state index contributed by atoms with van der Waals surface area (Å²) in [6, 6.07) is 11.9. The molecule has 0 bridgehead atoms. The summed E-state index contributed by atoms with van der Waals surface area (Å²) in [7, 11) is 2.85. The van der Waals surface area contributed by atoms with Gasteiger partial charge in [0.15, 0.2) is 23.1 Å². The van der Waals surface area contributed by atoms with Gasteiger partial charge in [-0.05, 0) is 58.4 Å². The van der Waals surface area contributed by atoms with Crippen molar-refractivity contribution in [2.75, 3.05) is 19.5 Å². The van der Waals surface area contributed by atoms with Crippen molar-refractivity contribution in [1.29, 1.82) is 5.41 Å². The number of nitrogens with two attached hydrogens (primary N) is 1. The zero-order valence-electron chi connectivity index (χ0n) is 18.7. The van der Waals surface area contributed by atoms with Gasteiger partial charge in [0.2, 0.25) is 0 Å². The Morgan fingerprint density at radius 2 is 1.89 bits per heavy atom. The normalized spacial score (nSPS) is 11.7. The fourth-order valence-corrected chi connectivity index (χ4v) is 3.87. The molecule has 12 heteroatoms. The van der Waals surface area contributed by atoms with Crippen LogP contribution in [0.5, 0.6) is 11.5 Å². The number of halogens is 2. The third-order valence-corrected chi connectivity index (χ3v) is 5.79. The number of hydrogen-bond donors (Lipinski definition) is 4. The van der Waals surface area contributed by atoms with Crippen LogP contribution in [0, 0.1) is 11.2 Å². The Kier molecular flexibility index (Phi) is 6.82. The number of nitrogens with one attached hydrogen (secondary N) is 3. The van der Waals surface area contributed by atoms with E-state index < -0.39 is 17.5 Å². The largest absolute Gasteiger partial charge is 0.493 e. The van der Waals surface area contributed by atoms with Crippen molar-refractivity contribution in [1.82, 2.24) is 19.7 Å². The molecule has 0 spiro atoms. The summed E-state index contributed by atoms with van der Waals surface area (Å²) < 4.78 is 27.5. The van der Waals surface area contributed by atoms with Crippen LogP contribution >= 0.6 is 15.9 Å². The molecule has 0 aliphatic rings. The molecule has 0 saturated carbocycles. The Hall–Kier alpha value is -4.19. The minimum Gasteiger partial charge on any atom is -0.493 e. The smallest absolute Gasteiger partial charge is 0.349 e. The number of aromatic nitrogens is 4. The van der Waals surface area contributed by atoms with E-state index in [9.17, 15) is 4.79 Å². The molecule has 2 aromatic heterocycles. The second kappa shape index (κ2) is 9.97. The quantitative estimate of drug-likeness (QED) is 0.198. The molecule has 2 heterocycles. The number of H-pyrrole nitrogens is 1. The van der Waals surface area contributed by atoms with Gasteiger partial charge in [0.25, 0.3) is 0 Å². The van der Waals surface area contributed by atoms with Gasteiger partial charge in [-0.1, -0.05) is 0 Å². The first kappa shape index (κ1) is 24.0. The number of rotatable bonds is 8. The fraction of sp³-hybridized carbons (Fsp3) is 0.130. The molecule has 1 unspecified atom stereocenters. The van der Waals surface area contributed by atoms with Crippen molar-refractivity contribution in [3.8, 4) is 17.3 Å². The first-order chi connectivity index (χ1) is 16.8. The molecule has 2 aromatic carbocycles. The van der Waals surface area contributed by atoms with Gasteiger partial charge in [-0.2, -0.15) is 4.68 Å². The molecule has 0 radical (unpaired) electrons. The van der Waals surface area contributed by atoms with Crippen LogP contribution in [-0.2, 0) is 0 Å². The van der Waals surface area contributed by atoms with Crippen molar-refractivity contribution in [3.63, 3.8) is 0 Å². The lowest BCUT2D eigenvalue weighted by Gasteiger charge is -2.20. The molecule has 4 aromatic rings. The van der Waals surface area contributed by atoms with Crippen LogP contribution in [0.1, 0.15) is 23.0 Å². The molecule has 0 fully saturated rings. The lowest BCUT2D eigenvalue weighted by Crippen LogP contribution is -2.17. The number of pyridine rings is 1. The first-order valence-corrected chi connectivity index (χ1v) is 11.0. The van der Waals surface area contributed by atoms with E-state index in [1.807, 2.05) is 0 Å². The van der Waals surface area contributed by atoms with Crippen molar-refractivity contribution < 1.29 is 13.9 Å². The van der Waals surface area contributed by atoms with Gasteiger partial charge < -0.3 is 20.5 Å². The van der Waals surface area contributed by atoms with E-state index >= 15 is 4.39 Å². The van der Waals surface area contributed by atoms with Crippen LogP contribution in [0.4, 0.5) is 10.1 Å².